The third kappa shape index (κ3) is 3.93. The quantitative estimate of drug-likeness (QED) is 0.850. The van der Waals surface area contributed by atoms with Gasteiger partial charge in [-0.2, -0.15) is 0 Å². The number of carbonyl (C=O) groups is 1. The molecule has 136 valence electrons. The summed E-state index contributed by atoms with van der Waals surface area (Å²) in [5, 5.41) is 0. The molecule has 4 rings (SSSR count). The maximum atomic E-state index is 12.8. The van der Waals surface area contributed by atoms with E-state index in [1.807, 2.05) is 30.5 Å². The topological polar surface area (TPSA) is 49.3 Å². The molecule has 1 atom stereocenters. The number of carbonyl (C=O) groups excluding carboxylic acids is 1. The number of aromatic nitrogens is 2. The van der Waals surface area contributed by atoms with Crippen molar-refractivity contribution >= 4 is 5.91 Å². The lowest BCUT2D eigenvalue weighted by molar-refractivity contribution is -0.133. The molecule has 0 N–H and O–H groups in total. The van der Waals surface area contributed by atoms with Crippen LogP contribution in [-0.4, -0.2) is 51.9 Å². The predicted molar refractivity (Wildman–Crippen MR) is 100 cm³/mol. The van der Waals surface area contributed by atoms with Crippen LogP contribution < -0.4 is 0 Å². The number of amides is 1. The van der Waals surface area contributed by atoms with Crippen LogP contribution in [0.3, 0.4) is 0 Å². The van der Waals surface area contributed by atoms with Gasteiger partial charge in [-0.05, 0) is 49.6 Å². The van der Waals surface area contributed by atoms with Gasteiger partial charge in [0.1, 0.15) is 0 Å². The normalized spacial score (nSPS) is 23.5. The van der Waals surface area contributed by atoms with Crippen molar-refractivity contribution in [3.8, 4) is 0 Å². The first kappa shape index (κ1) is 17.2. The van der Waals surface area contributed by atoms with Crippen LogP contribution in [-0.2, 0) is 17.8 Å². The van der Waals surface area contributed by atoms with E-state index in [0.717, 1.165) is 50.4 Å². The van der Waals surface area contributed by atoms with Crippen LogP contribution in [0.25, 0.3) is 0 Å². The second kappa shape index (κ2) is 7.54. The Hall–Kier alpha value is -2.27. The lowest BCUT2D eigenvalue weighted by Gasteiger charge is -2.40. The van der Waals surface area contributed by atoms with Gasteiger partial charge in [0.15, 0.2) is 0 Å². The highest BCUT2D eigenvalue weighted by Crippen LogP contribution is 2.39. The Kier molecular flexibility index (Phi) is 4.98. The van der Waals surface area contributed by atoms with Gasteiger partial charge in [0.25, 0.3) is 0 Å². The first-order valence-corrected chi connectivity index (χ1v) is 9.51. The van der Waals surface area contributed by atoms with Crippen LogP contribution in [0.4, 0.5) is 0 Å². The summed E-state index contributed by atoms with van der Waals surface area (Å²) in [6, 6.07) is 9.98. The van der Waals surface area contributed by atoms with Crippen LogP contribution in [0.1, 0.15) is 30.5 Å². The Labute approximate surface area is 155 Å². The molecule has 0 aliphatic carbocycles. The minimum absolute atomic E-state index is 0.236. The van der Waals surface area contributed by atoms with E-state index in [1.165, 1.54) is 12.8 Å². The summed E-state index contributed by atoms with van der Waals surface area (Å²) in [6.45, 7) is 4.86. The first-order chi connectivity index (χ1) is 12.7. The number of hydrogen-bond donors (Lipinski definition) is 0. The van der Waals surface area contributed by atoms with Gasteiger partial charge in [-0.3, -0.25) is 19.7 Å². The summed E-state index contributed by atoms with van der Waals surface area (Å²) < 4.78 is 0. The zero-order chi connectivity index (χ0) is 17.8. The van der Waals surface area contributed by atoms with Crippen molar-refractivity contribution in [2.75, 3.05) is 26.2 Å². The first-order valence-electron chi connectivity index (χ1n) is 9.51. The fourth-order valence-electron chi connectivity index (χ4n) is 4.43. The molecule has 1 amide bonds. The van der Waals surface area contributed by atoms with E-state index in [4.69, 9.17) is 0 Å². The van der Waals surface area contributed by atoms with Crippen molar-refractivity contribution in [1.29, 1.82) is 0 Å². The molecule has 1 spiro atoms. The van der Waals surface area contributed by atoms with E-state index in [0.29, 0.717) is 6.42 Å². The molecule has 26 heavy (non-hydrogen) atoms. The molecule has 2 aliphatic rings. The van der Waals surface area contributed by atoms with Gasteiger partial charge >= 0.3 is 0 Å². The van der Waals surface area contributed by atoms with Crippen molar-refractivity contribution in [3.05, 3.63) is 60.2 Å². The molecule has 0 radical (unpaired) electrons. The Morgan fingerprint density at radius 3 is 2.85 bits per heavy atom. The lowest BCUT2D eigenvalue weighted by Crippen LogP contribution is -2.47. The van der Waals surface area contributed by atoms with E-state index < -0.39 is 0 Å². The van der Waals surface area contributed by atoms with Gasteiger partial charge in [0.2, 0.25) is 5.91 Å². The summed E-state index contributed by atoms with van der Waals surface area (Å²) in [5.41, 5.74) is 2.39. The van der Waals surface area contributed by atoms with Crippen LogP contribution in [0.5, 0.6) is 0 Å². The predicted octanol–water partition coefficient (Wildman–Crippen LogP) is 2.53. The lowest BCUT2D eigenvalue weighted by atomic mass is 9.79. The average molecular weight is 350 g/mol. The minimum atomic E-state index is 0.236. The number of pyridine rings is 2. The highest BCUT2D eigenvalue weighted by atomic mass is 16.2. The SMILES string of the molecule is O=C(Cc1cccnc1)N1CCCC2(CCN(Cc3ccccn3)C2)C1. The van der Waals surface area contributed by atoms with Crippen molar-refractivity contribution in [2.24, 2.45) is 5.41 Å². The van der Waals surface area contributed by atoms with Crippen molar-refractivity contribution in [2.45, 2.75) is 32.2 Å². The molecule has 2 fully saturated rings. The number of nitrogens with zero attached hydrogens (tertiary/aromatic N) is 4. The van der Waals surface area contributed by atoms with Gasteiger partial charge in [0, 0.05) is 50.2 Å². The highest BCUT2D eigenvalue weighted by molar-refractivity contribution is 5.78. The van der Waals surface area contributed by atoms with E-state index in [-0.39, 0.29) is 11.3 Å². The van der Waals surface area contributed by atoms with E-state index >= 15 is 0 Å². The molecule has 2 aromatic heterocycles. The maximum absolute atomic E-state index is 12.8. The van der Waals surface area contributed by atoms with Crippen LogP contribution in [0, 0.1) is 5.41 Å². The number of piperidine rings is 1. The number of likely N-dealkylation sites (tertiary alicyclic amines) is 2. The van der Waals surface area contributed by atoms with Crippen molar-refractivity contribution < 1.29 is 4.79 Å². The number of rotatable bonds is 4. The molecular weight excluding hydrogens is 324 g/mol. The summed E-state index contributed by atoms with van der Waals surface area (Å²) >= 11 is 0. The van der Waals surface area contributed by atoms with E-state index in [2.05, 4.69) is 25.8 Å². The smallest absolute Gasteiger partial charge is 0.227 e. The fourth-order valence-corrected chi connectivity index (χ4v) is 4.43. The standard InChI is InChI=1S/C21H26N4O/c26-20(13-18-5-3-9-22-14-18)25-11-4-7-21(17-25)8-12-24(16-21)15-19-6-1-2-10-23-19/h1-3,5-6,9-10,14H,4,7-8,11-13,15-17H2. The fraction of sp³-hybridized carbons (Fsp3) is 0.476. The summed E-state index contributed by atoms with van der Waals surface area (Å²) in [5.74, 6) is 0.236. The van der Waals surface area contributed by atoms with Crippen molar-refractivity contribution in [1.82, 2.24) is 19.8 Å². The third-order valence-electron chi connectivity index (χ3n) is 5.72. The van der Waals surface area contributed by atoms with Gasteiger partial charge in [-0.1, -0.05) is 12.1 Å². The molecular formula is C21H26N4O. The van der Waals surface area contributed by atoms with Crippen molar-refractivity contribution in [3.63, 3.8) is 0 Å². The second-order valence-electron chi connectivity index (χ2n) is 7.74. The number of hydrogen-bond acceptors (Lipinski definition) is 4. The summed E-state index contributed by atoms with van der Waals surface area (Å²) in [6.07, 6.45) is 9.37. The second-order valence-corrected chi connectivity index (χ2v) is 7.74. The average Bonchev–Trinajstić information content (AvgIpc) is 3.05. The Balaban J connectivity index is 1.36. The largest absolute Gasteiger partial charge is 0.342 e. The molecule has 0 saturated carbocycles. The van der Waals surface area contributed by atoms with Gasteiger partial charge in [-0.15, -0.1) is 0 Å². The third-order valence-corrected chi connectivity index (χ3v) is 5.72. The van der Waals surface area contributed by atoms with Crippen LogP contribution in [0.2, 0.25) is 0 Å². The molecule has 1 unspecified atom stereocenters. The van der Waals surface area contributed by atoms with Gasteiger partial charge in [0.05, 0.1) is 12.1 Å². The van der Waals surface area contributed by atoms with Gasteiger partial charge in [-0.25, -0.2) is 0 Å². The Morgan fingerprint density at radius 2 is 2.04 bits per heavy atom. The molecule has 2 aliphatic heterocycles. The molecule has 0 aromatic carbocycles. The van der Waals surface area contributed by atoms with Crippen LogP contribution in [0.15, 0.2) is 48.9 Å². The molecule has 0 bridgehead atoms. The maximum Gasteiger partial charge on any atom is 0.227 e. The van der Waals surface area contributed by atoms with Gasteiger partial charge < -0.3 is 4.90 Å². The van der Waals surface area contributed by atoms with E-state index in [9.17, 15) is 4.79 Å². The summed E-state index contributed by atoms with van der Waals surface area (Å²) in [4.78, 5) is 25.9. The highest BCUT2D eigenvalue weighted by Gasteiger charge is 2.42. The zero-order valence-electron chi connectivity index (χ0n) is 15.2. The molecule has 5 heteroatoms. The zero-order valence-corrected chi connectivity index (χ0v) is 15.2. The Bertz CT molecular complexity index is 736. The molecule has 4 heterocycles. The molecule has 2 aromatic rings. The minimum Gasteiger partial charge on any atom is -0.342 e. The molecule has 5 nitrogen and oxygen atoms in total. The summed E-state index contributed by atoms with van der Waals surface area (Å²) in [7, 11) is 0. The monoisotopic (exact) mass is 350 g/mol. The van der Waals surface area contributed by atoms with Crippen LogP contribution >= 0.6 is 0 Å². The Morgan fingerprint density at radius 1 is 1.08 bits per heavy atom. The van der Waals surface area contributed by atoms with E-state index in [1.54, 1.807) is 12.4 Å². The molecule has 2 saturated heterocycles.